The lowest BCUT2D eigenvalue weighted by atomic mass is 10.0. The molecule has 9 heteroatoms. The van der Waals surface area contributed by atoms with Gasteiger partial charge in [-0.05, 0) is 49.2 Å². The monoisotopic (exact) mass is 571 g/mol. The van der Waals surface area contributed by atoms with Gasteiger partial charge in [0.2, 0.25) is 0 Å². The minimum absolute atomic E-state index is 0.0138. The molecule has 1 fully saturated rings. The maximum Gasteiger partial charge on any atom is 0.337 e. The van der Waals surface area contributed by atoms with Crippen LogP contribution in [0.1, 0.15) is 51.6 Å². The molecule has 0 atom stereocenters. The summed E-state index contributed by atoms with van der Waals surface area (Å²) in [6.45, 7) is 0.186. The average molecular weight is 573 g/mol. The second kappa shape index (κ2) is 10.7. The molecule has 1 aliphatic carbocycles. The molecule has 0 radical (unpaired) electrons. The van der Waals surface area contributed by atoms with E-state index in [-0.39, 0.29) is 17.2 Å². The first-order valence-electron chi connectivity index (χ1n) is 11.2. The van der Waals surface area contributed by atoms with Gasteiger partial charge in [0.15, 0.2) is 0 Å². The number of aromatic carboxylic acids is 1. The minimum Gasteiger partial charge on any atom is -0.489 e. The zero-order chi connectivity index (χ0) is 26.1. The van der Waals surface area contributed by atoms with Crippen LogP contribution in [0, 0.1) is 11.8 Å². The Bertz CT molecular complexity index is 1560. The number of benzene rings is 3. The van der Waals surface area contributed by atoms with Gasteiger partial charge in [-0.3, -0.25) is 0 Å². The summed E-state index contributed by atoms with van der Waals surface area (Å²) in [6.07, 6.45) is 2.05. The van der Waals surface area contributed by atoms with E-state index in [4.69, 9.17) is 55.7 Å². The smallest absolute Gasteiger partial charge is 0.337 e. The number of aromatic nitrogens is 1. The van der Waals surface area contributed by atoms with Crippen LogP contribution >= 0.6 is 46.4 Å². The first kappa shape index (κ1) is 25.5. The van der Waals surface area contributed by atoms with E-state index in [9.17, 15) is 9.90 Å². The van der Waals surface area contributed by atoms with Crippen molar-refractivity contribution in [2.45, 2.75) is 25.4 Å². The van der Waals surface area contributed by atoms with E-state index in [1.165, 1.54) is 6.07 Å². The number of rotatable bonds is 6. The zero-order valence-corrected chi connectivity index (χ0v) is 22.0. The molecular weight excluding hydrogens is 556 g/mol. The largest absolute Gasteiger partial charge is 0.489 e. The van der Waals surface area contributed by atoms with Gasteiger partial charge in [-0.15, -0.1) is 0 Å². The lowest BCUT2D eigenvalue weighted by molar-refractivity contribution is 0.0697. The van der Waals surface area contributed by atoms with Crippen molar-refractivity contribution >= 4 is 52.4 Å². The molecular formula is C28H17Cl4NO4. The van der Waals surface area contributed by atoms with Gasteiger partial charge in [-0.25, -0.2) is 4.79 Å². The van der Waals surface area contributed by atoms with Crippen molar-refractivity contribution in [2.24, 2.45) is 0 Å². The average Bonchev–Trinajstić information content (AvgIpc) is 3.63. The number of nitrogens with zero attached hydrogens (tertiary/aromatic N) is 1. The Kier molecular flexibility index (Phi) is 7.37. The zero-order valence-electron chi connectivity index (χ0n) is 19.0. The molecule has 1 heterocycles. The maximum atomic E-state index is 11.3. The van der Waals surface area contributed by atoms with E-state index < -0.39 is 5.97 Å². The molecule has 37 heavy (non-hydrogen) atoms. The third-order valence-corrected chi connectivity index (χ3v) is 7.20. The molecule has 1 saturated carbocycles. The van der Waals surface area contributed by atoms with Crippen LogP contribution in [0.15, 0.2) is 59.1 Å². The summed E-state index contributed by atoms with van der Waals surface area (Å²) in [6, 6.07) is 15.1. The van der Waals surface area contributed by atoms with E-state index >= 15 is 0 Å². The number of hydrogen-bond acceptors (Lipinski definition) is 4. The second-order valence-electron chi connectivity index (χ2n) is 8.40. The highest BCUT2D eigenvalue weighted by Crippen LogP contribution is 2.46. The van der Waals surface area contributed by atoms with Crippen molar-refractivity contribution in [1.82, 2.24) is 5.16 Å². The predicted octanol–water partition coefficient (Wildman–Crippen LogP) is 8.51. The highest BCUT2D eigenvalue weighted by molar-refractivity contribution is 6.39. The van der Waals surface area contributed by atoms with Gasteiger partial charge in [-0.1, -0.05) is 75.5 Å². The Hall–Kier alpha value is -3.14. The number of ether oxygens (including phenoxy) is 1. The molecule has 0 bridgehead atoms. The Labute approximate surface area is 232 Å². The van der Waals surface area contributed by atoms with Gasteiger partial charge in [0.25, 0.3) is 0 Å². The molecule has 0 spiro atoms. The van der Waals surface area contributed by atoms with Crippen LogP contribution in [0.25, 0.3) is 11.3 Å². The van der Waals surface area contributed by atoms with Crippen LogP contribution in [0.4, 0.5) is 0 Å². The second-order valence-corrected chi connectivity index (χ2v) is 10.00. The van der Waals surface area contributed by atoms with Crippen LogP contribution in [-0.4, -0.2) is 16.2 Å². The fourth-order valence-electron chi connectivity index (χ4n) is 3.82. The molecule has 5 nitrogen and oxygen atoms in total. The predicted molar refractivity (Wildman–Crippen MR) is 144 cm³/mol. The minimum atomic E-state index is -1.12. The summed E-state index contributed by atoms with van der Waals surface area (Å²) in [5.41, 5.74) is 2.88. The number of carboxylic acids is 1. The van der Waals surface area contributed by atoms with Crippen molar-refractivity contribution < 1.29 is 19.2 Å². The summed E-state index contributed by atoms with van der Waals surface area (Å²) >= 11 is 25.5. The number of carboxylic acid groups (broad SMARTS) is 1. The first-order valence-corrected chi connectivity index (χ1v) is 12.7. The molecule has 1 aromatic heterocycles. The summed E-state index contributed by atoms with van der Waals surface area (Å²) < 4.78 is 11.7. The number of hydrogen-bond donors (Lipinski definition) is 1. The van der Waals surface area contributed by atoms with E-state index in [0.29, 0.717) is 49.1 Å². The molecule has 0 aliphatic heterocycles. The van der Waals surface area contributed by atoms with Gasteiger partial charge < -0.3 is 14.4 Å². The number of carbonyl (C=O) groups is 1. The molecule has 0 saturated heterocycles. The summed E-state index contributed by atoms with van der Waals surface area (Å²) in [5.74, 6) is 6.31. The normalized spacial score (nSPS) is 12.6. The molecule has 0 amide bonds. The van der Waals surface area contributed by atoms with Crippen LogP contribution in [0.5, 0.6) is 5.75 Å². The SMILES string of the molecule is O=C(O)c1cccc(C#Cc2ccc(OCc3c(-c4c(Cl)cccc4Cl)noc3C3CC3)cc2Cl)c1Cl. The lowest BCUT2D eigenvalue weighted by Gasteiger charge is -2.10. The van der Waals surface area contributed by atoms with Crippen LogP contribution < -0.4 is 4.74 Å². The highest BCUT2D eigenvalue weighted by atomic mass is 35.5. The van der Waals surface area contributed by atoms with Crippen LogP contribution in [0.2, 0.25) is 20.1 Å². The van der Waals surface area contributed by atoms with E-state index in [1.807, 2.05) is 0 Å². The van der Waals surface area contributed by atoms with Gasteiger partial charge >= 0.3 is 5.97 Å². The highest BCUT2D eigenvalue weighted by Gasteiger charge is 2.33. The molecule has 1 N–H and O–H groups in total. The first-order chi connectivity index (χ1) is 17.8. The van der Waals surface area contributed by atoms with Crippen LogP contribution in [-0.2, 0) is 6.61 Å². The molecule has 0 unspecified atom stereocenters. The third kappa shape index (κ3) is 5.44. The van der Waals surface area contributed by atoms with E-state index in [2.05, 4.69) is 17.0 Å². The summed E-state index contributed by atoms with van der Waals surface area (Å²) in [4.78, 5) is 11.3. The molecule has 1 aliphatic rings. The van der Waals surface area contributed by atoms with E-state index in [1.54, 1.807) is 48.5 Å². The standard InChI is InChI=1S/C28H17Cl4NO4/c29-21-5-2-6-22(30)24(21)26-20(27(37-33-26)17-9-10-17)14-36-18-12-11-15(23(31)13-18)7-8-16-3-1-4-19(25(16)32)28(34)35/h1-6,11-13,17H,9-10,14H2,(H,34,35). The van der Waals surface area contributed by atoms with Crippen molar-refractivity contribution in [3.63, 3.8) is 0 Å². The third-order valence-electron chi connectivity index (χ3n) is 5.85. The van der Waals surface area contributed by atoms with Gasteiger partial charge in [0.05, 0.1) is 31.2 Å². The van der Waals surface area contributed by atoms with Crippen molar-refractivity contribution in [1.29, 1.82) is 0 Å². The Morgan fingerprint density at radius 1 is 0.973 bits per heavy atom. The Morgan fingerprint density at radius 2 is 1.68 bits per heavy atom. The Morgan fingerprint density at radius 3 is 2.35 bits per heavy atom. The summed E-state index contributed by atoms with van der Waals surface area (Å²) in [5, 5.41) is 14.9. The fraction of sp³-hybridized carbons (Fsp3) is 0.143. The quantitative estimate of drug-likeness (QED) is 0.234. The van der Waals surface area contributed by atoms with Crippen molar-refractivity contribution in [3.05, 3.63) is 103 Å². The van der Waals surface area contributed by atoms with Gasteiger partial charge in [0.1, 0.15) is 23.8 Å². The molecule has 3 aromatic carbocycles. The van der Waals surface area contributed by atoms with Crippen molar-refractivity contribution in [3.8, 4) is 28.8 Å². The fourth-order valence-corrected chi connectivity index (χ4v) is 4.87. The van der Waals surface area contributed by atoms with Gasteiger partial charge in [0, 0.05) is 28.7 Å². The van der Waals surface area contributed by atoms with Crippen molar-refractivity contribution in [2.75, 3.05) is 0 Å². The molecule has 4 aromatic rings. The van der Waals surface area contributed by atoms with E-state index in [0.717, 1.165) is 24.2 Å². The molecule has 5 rings (SSSR count). The topological polar surface area (TPSA) is 72.6 Å². The van der Waals surface area contributed by atoms with Gasteiger partial charge in [-0.2, -0.15) is 0 Å². The Balaban J connectivity index is 1.38. The molecule has 186 valence electrons. The lowest BCUT2D eigenvalue weighted by Crippen LogP contribution is -2.00. The number of halogens is 4. The van der Waals surface area contributed by atoms with Crippen LogP contribution in [0.3, 0.4) is 0 Å². The summed E-state index contributed by atoms with van der Waals surface area (Å²) in [7, 11) is 0. The maximum absolute atomic E-state index is 11.3.